The predicted molar refractivity (Wildman–Crippen MR) is 105 cm³/mol. The molecule has 1 heterocycles. The molecule has 150 valence electrons. The van der Waals surface area contributed by atoms with Crippen LogP contribution in [0, 0.1) is 0 Å². The molecule has 2 rings (SSSR count). The van der Waals surface area contributed by atoms with E-state index < -0.39 is 15.9 Å². The van der Waals surface area contributed by atoms with E-state index in [1.54, 1.807) is 29.2 Å². The van der Waals surface area contributed by atoms with Crippen LogP contribution in [0.2, 0.25) is 5.02 Å². The summed E-state index contributed by atoms with van der Waals surface area (Å²) in [7, 11) is -2.99. The van der Waals surface area contributed by atoms with Crippen LogP contribution in [-0.4, -0.2) is 74.8 Å². The van der Waals surface area contributed by atoms with Gasteiger partial charge >= 0.3 is 0 Å². The minimum atomic E-state index is -2.99. The monoisotopic (exact) mass is 415 g/mol. The Labute approximate surface area is 165 Å². The average molecular weight is 416 g/mol. The van der Waals surface area contributed by atoms with Crippen LogP contribution < -0.4 is 5.32 Å². The van der Waals surface area contributed by atoms with E-state index in [0.717, 1.165) is 5.56 Å². The van der Waals surface area contributed by atoms with Crippen molar-refractivity contribution in [3.8, 4) is 0 Å². The van der Waals surface area contributed by atoms with Crippen molar-refractivity contribution >= 4 is 33.3 Å². The number of hydrogen-bond acceptors (Lipinski definition) is 5. The smallest absolute Gasteiger partial charge is 0.225 e. The number of sulfone groups is 1. The van der Waals surface area contributed by atoms with Gasteiger partial charge in [0, 0.05) is 50.9 Å². The van der Waals surface area contributed by atoms with Crippen LogP contribution in [0.25, 0.3) is 0 Å². The van der Waals surface area contributed by atoms with E-state index in [4.69, 9.17) is 11.6 Å². The molecule has 0 bridgehead atoms. The number of halogens is 1. The Hall–Kier alpha value is -1.64. The third-order valence-electron chi connectivity index (χ3n) is 4.53. The average Bonchev–Trinajstić information content (AvgIpc) is 2.59. The molecule has 2 amide bonds. The van der Waals surface area contributed by atoms with Crippen LogP contribution in [0.4, 0.5) is 0 Å². The SMILES string of the molecule is CC(=O)NC(CC(=O)N1CCN(CCS(C)(=O)=O)CC1)c1ccc(Cl)cc1. The molecular weight excluding hydrogens is 390 g/mol. The Morgan fingerprint density at radius 3 is 2.26 bits per heavy atom. The Morgan fingerprint density at radius 2 is 1.74 bits per heavy atom. The highest BCUT2D eigenvalue weighted by Crippen LogP contribution is 2.21. The molecule has 1 aliphatic rings. The van der Waals surface area contributed by atoms with E-state index in [2.05, 4.69) is 10.2 Å². The van der Waals surface area contributed by atoms with Crippen molar-refractivity contribution in [3.05, 3.63) is 34.9 Å². The van der Waals surface area contributed by atoms with Gasteiger partial charge in [0.25, 0.3) is 0 Å². The summed E-state index contributed by atoms with van der Waals surface area (Å²) in [6.07, 6.45) is 1.40. The first-order chi connectivity index (χ1) is 12.6. The highest BCUT2D eigenvalue weighted by molar-refractivity contribution is 7.90. The van der Waals surface area contributed by atoms with Crippen molar-refractivity contribution in [1.82, 2.24) is 15.1 Å². The molecule has 7 nitrogen and oxygen atoms in total. The lowest BCUT2D eigenvalue weighted by molar-refractivity contribution is -0.133. The van der Waals surface area contributed by atoms with Gasteiger partial charge in [-0.2, -0.15) is 0 Å². The van der Waals surface area contributed by atoms with Gasteiger partial charge in [0.05, 0.1) is 18.2 Å². The van der Waals surface area contributed by atoms with Crippen LogP contribution in [0.1, 0.15) is 24.9 Å². The molecular formula is C18H26ClN3O4S. The van der Waals surface area contributed by atoms with Crippen LogP contribution in [0.15, 0.2) is 24.3 Å². The third-order valence-corrected chi connectivity index (χ3v) is 5.71. The standard InChI is InChI=1S/C18H26ClN3O4S/c1-14(23)20-17(15-3-5-16(19)6-4-15)13-18(24)22-9-7-21(8-10-22)11-12-27(2,25)26/h3-6,17H,7-13H2,1-2H3,(H,20,23). The summed E-state index contributed by atoms with van der Waals surface area (Å²) in [5.74, 6) is -0.109. The van der Waals surface area contributed by atoms with E-state index in [9.17, 15) is 18.0 Å². The number of amides is 2. The molecule has 1 aromatic carbocycles. The number of carbonyl (C=O) groups is 2. The minimum Gasteiger partial charge on any atom is -0.349 e. The molecule has 0 aliphatic carbocycles. The highest BCUT2D eigenvalue weighted by atomic mass is 35.5. The molecule has 9 heteroatoms. The van der Waals surface area contributed by atoms with E-state index in [-0.39, 0.29) is 24.0 Å². The maximum Gasteiger partial charge on any atom is 0.225 e. The van der Waals surface area contributed by atoms with Crippen LogP contribution in [0.5, 0.6) is 0 Å². The highest BCUT2D eigenvalue weighted by Gasteiger charge is 2.25. The van der Waals surface area contributed by atoms with Gasteiger partial charge in [0.2, 0.25) is 11.8 Å². The van der Waals surface area contributed by atoms with Crippen molar-refractivity contribution in [2.75, 3.05) is 44.7 Å². The van der Waals surface area contributed by atoms with Crippen molar-refractivity contribution in [2.45, 2.75) is 19.4 Å². The Bertz CT molecular complexity index is 759. The lowest BCUT2D eigenvalue weighted by Gasteiger charge is -2.35. The number of rotatable bonds is 7. The summed E-state index contributed by atoms with van der Waals surface area (Å²) in [6, 6.07) is 6.67. The van der Waals surface area contributed by atoms with Crippen LogP contribution in [-0.2, 0) is 19.4 Å². The molecule has 1 N–H and O–H groups in total. The molecule has 0 spiro atoms. The summed E-state index contributed by atoms with van der Waals surface area (Å²) in [5.41, 5.74) is 0.828. The Morgan fingerprint density at radius 1 is 1.15 bits per heavy atom. The molecule has 1 unspecified atom stereocenters. The Kier molecular flexibility index (Phi) is 7.64. The van der Waals surface area contributed by atoms with Crippen molar-refractivity contribution in [2.24, 2.45) is 0 Å². The lowest BCUT2D eigenvalue weighted by Crippen LogP contribution is -2.50. The summed E-state index contributed by atoms with van der Waals surface area (Å²) in [5, 5.41) is 3.42. The molecule has 1 aromatic rings. The quantitative estimate of drug-likeness (QED) is 0.720. The predicted octanol–water partition coefficient (Wildman–Crippen LogP) is 1.10. The fraction of sp³-hybridized carbons (Fsp3) is 0.556. The van der Waals surface area contributed by atoms with E-state index in [1.165, 1.54) is 13.2 Å². The first kappa shape index (κ1) is 21.7. The van der Waals surface area contributed by atoms with Gasteiger partial charge in [-0.15, -0.1) is 0 Å². The summed E-state index contributed by atoms with van der Waals surface area (Å²) >= 11 is 5.91. The van der Waals surface area contributed by atoms with Gasteiger partial charge in [-0.25, -0.2) is 8.42 Å². The zero-order valence-electron chi connectivity index (χ0n) is 15.7. The lowest BCUT2D eigenvalue weighted by atomic mass is 10.0. The second-order valence-electron chi connectivity index (χ2n) is 6.86. The molecule has 1 fully saturated rings. The van der Waals surface area contributed by atoms with Crippen LogP contribution in [0.3, 0.4) is 0 Å². The summed E-state index contributed by atoms with van der Waals surface area (Å²) in [4.78, 5) is 28.0. The van der Waals surface area contributed by atoms with Crippen LogP contribution >= 0.6 is 11.6 Å². The maximum atomic E-state index is 12.7. The van der Waals surface area contributed by atoms with E-state index in [1.807, 2.05) is 0 Å². The van der Waals surface area contributed by atoms with Gasteiger partial charge in [-0.3, -0.25) is 14.5 Å². The molecule has 0 saturated carbocycles. The summed E-state index contributed by atoms with van der Waals surface area (Å²) in [6.45, 7) is 4.31. The maximum absolute atomic E-state index is 12.7. The molecule has 1 atom stereocenters. The number of carbonyl (C=O) groups excluding carboxylic acids is 2. The molecule has 0 radical (unpaired) electrons. The number of nitrogens with one attached hydrogen (secondary N) is 1. The van der Waals surface area contributed by atoms with Crippen molar-refractivity contribution in [3.63, 3.8) is 0 Å². The third kappa shape index (κ3) is 7.48. The zero-order valence-corrected chi connectivity index (χ0v) is 17.2. The zero-order chi connectivity index (χ0) is 20.0. The van der Waals surface area contributed by atoms with Gasteiger partial charge in [0.15, 0.2) is 0 Å². The fourth-order valence-corrected chi connectivity index (χ4v) is 3.73. The number of piperazine rings is 1. The second kappa shape index (κ2) is 9.52. The van der Waals surface area contributed by atoms with Gasteiger partial charge < -0.3 is 10.2 Å². The van der Waals surface area contributed by atoms with Crippen molar-refractivity contribution < 1.29 is 18.0 Å². The van der Waals surface area contributed by atoms with Crippen molar-refractivity contribution in [1.29, 1.82) is 0 Å². The normalized spacial score (nSPS) is 16.8. The topological polar surface area (TPSA) is 86.8 Å². The molecule has 1 aliphatic heterocycles. The van der Waals surface area contributed by atoms with E-state index >= 15 is 0 Å². The largest absolute Gasteiger partial charge is 0.349 e. The molecule has 1 saturated heterocycles. The Balaban J connectivity index is 1.92. The molecule has 27 heavy (non-hydrogen) atoms. The number of nitrogens with zero attached hydrogens (tertiary/aromatic N) is 2. The van der Waals surface area contributed by atoms with Gasteiger partial charge in [-0.05, 0) is 17.7 Å². The number of hydrogen-bond donors (Lipinski definition) is 1. The fourth-order valence-electron chi connectivity index (χ4n) is 3.01. The summed E-state index contributed by atoms with van der Waals surface area (Å²) < 4.78 is 22.6. The first-order valence-corrected chi connectivity index (χ1v) is 11.3. The van der Waals surface area contributed by atoms with Gasteiger partial charge in [-0.1, -0.05) is 23.7 Å². The minimum absolute atomic E-state index is 0.0357. The number of benzene rings is 1. The first-order valence-electron chi connectivity index (χ1n) is 8.84. The van der Waals surface area contributed by atoms with E-state index in [0.29, 0.717) is 37.7 Å². The van der Waals surface area contributed by atoms with Gasteiger partial charge in [0.1, 0.15) is 9.84 Å². The molecule has 0 aromatic heterocycles. The second-order valence-corrected chi connectivity index (χ2v) is 9.56.